The van der Waals surface area contributed by atoms with Gasteiger partial charge >= 0.3 is 0 Å². The highest BCUT2D eigenvalue weighted by Crippen LogP contribution is 2.12. The minimum absolute atomic E-state index is 0.144. The van der Waals surface area contributed by atoms with Crippen molar-refractivity contribution in [1.29, 1.82) is 0 Å². The van der Waals surface area contributed by atoms with E-state index >= 15 is 0 Å². The van der Waals surface area contributed by atoms with Crippen LogP contribution >= 0.6 is 22.6 Å². The van der Waals surface area contributed by atoms with Gasteiger partial charge in [-0.25, -0.2) is 0 Å². The fourth-order valence-electron chi connectivity index (χ4n) is 1.27. The van der Waals surface area contributed by atoms with Crippen LogP contribution in [0.2, 0.25) is 0 Å². The highest BCUT2D eigenvalue weighted by molar-refractivity contribution is 14.1. The zero-order chi connectivity index (χ0) is 11.5. The Kier molecular flexibility index (Phi) is 3.23. The van der Waals surface area contributed by atoms with Crippen LogP contribution in [0.15, 0.2) is 36.7 Å². The first kappa shape index (κ1) is 11.1. The second-order valence-electron chi connectivity index (χ2n) is 3.36. The summed E-state index contributed by atoms with van der Waals surface area (Å²) in [7, 11) is 1.78. The lowest BCUT2D eigenvalue weighted by molar-refractivity contribution is 0.102. The first-order chi connectivity index (χ1) is 7.65. The van der Waals surface area contributed by atoms with Crippen molar-refractivity contribution >= 4 is 34.2 Å². The highest BCUT2D eigenvalue weighted by Gasteiger charge is 2.07. The molecule has 1 heterocycles. The number of aromatic nitrogens is 2. The van der Waals surface area contributed by atoms with Crippen LogP contribution in [0.25, 0.3) is 0 Å². The smallest absolute Gasteiger partial charge is 0.258 e. The van der Waals surface area contributed by atoms with Gasteiger partial charge in [-0.2, -0.15) is 5.10 Å². The number of hydrogen-bond donors (Lipinski definition) is 1. The van der Waals surface area contributed by atoms with E-state index in [1.54, 1.807) is 24.1 Å². The Bertz CT molecular complexity index is 504. The number of benzene rings is 1. The van der Waals surface area contributed by atoms with Crippen LogP contribution < -0.4 is 5.32 Å². The lowest BCUT2D eigenvalue weighted by Gasteiger charge is -2.02. The summed E-state index contributed by atoms with van der Waals surface area (Å²) in [5.41, 5.74) is 1.34. The number of halogens is 1. The molecule has 2 aromatic rings. The van der Waals surface area contributed by atoms with Crippen molar-refractivity contribution in [2.45, 2.75) is 0 Å². The van der Waals surface area contributed by atoms with E-state index in [2.05, 4.69) is 33.0 Å². The summed E-state index contributed by atoms with van der Waals surface area (Å²) in [5.74, 6) is -0.144. The molecule has 2 rings (SSSR count). The van der Waals surface area contributed by atoms with Gasteiger partial charge in [0.1, 0.15) is 0 Å². The minimum Gasteiger partial charge on any atom is -0.322 e. The molecule has 5 heteroatoms. The Morgan fingerprint density at radius 1 is 1.38 bits per heavy atom. The van der Waals surface area contributed by atoms with Crippen LogP contribution in [0.3, 0.4) is 0 Å². The molecule has 0 radical (unpaired) electrons. The average Bonchev–Trinajstić information content (AvgIpc) is 2.68. The molecule has 4 nitrogen and oxygen atoms in total. The summed E-state index contributed by atoms with van der Waals surface area (Å²) in [6, 6.07) is 7.63. The van der Waals surface area contributed by atoms with Crippen molar-refractivity contribution in [2.75, 3.05) is 5.32 Å². The van der Waals surface area contributed by atoms with Gasteiger partial charge in [-0.05, 0) is 46.9 Å². The summed E-state index contributed by atoms with van der Waals surface area (Å²) in [4.78, 5) is 11.7. The normalized spacial score (nSPS) is 10.1. The molecule has 82 valence electrons. The van der Waals surface area contributed by atoms with Crippen molar-refractivity contribution in [3.63, 3.8) is 0 Å². The second kappa shape index (κ2) is 4.65. The molecule has 1 N–H and O–H groups in total. The molecule has 0 unspecified atom stereocenters. The number of rotatable bonds is 2. The molecule has 0 aliphatic heterocycles. The van der Waals surface area contributed by atoms with Crippen LogP contribution in [-0.2, 0) is 7.05 Å². The van der Waals surface area contributed by atoms with Crippen LogP contribution in [0.1, 0.15) is 10.4 Å². The fourth-order valence-corrected chi connectivity index (χ4v) is 1.63. The zero-order valence-electron chi connectivity index (χ0n) is 8.64. The largest absolute Gasteiger partial charge is 0.322 e. The predicted molar refractivity (Wildman–Crippen MR) is 70.3 cm³/mol. The van der Waals surface area contributed by atoms with Crippen LogP contribution in [0, 0.1) is 3.57 Å². The molecule has 1 amide bonds. The number of nitrogens with zero attached hydrogens (tertiary/aromatic N) is 2. The van der Waals surface area contributed by atoms with Gasteiger partial charge in [-0.15, -0.1) is 0 Å². The quantitative estimate of drug-likeness (QED) is 0.861. The number of hydrogen-bond acceptors (Lipinski definition) is 2. The SMILES string of the molecule is Cn1cc(C(=O)Nc2ccc(I)cc2)cn1. The zero-order valence-corrected chi connectivity index (χ0v) is 10.8. The maximum atomic E-state index is 11.7. The van der Waals surface area contributed by atoms with Crippen molar-refractivity contribution < 1.29 is 4.79 Å². The number of amides is 1. The van der Waals surface area contributed by atoms with Gasteiger partial charge in [0.25, 0.3) is 5.91 Å². The Morgan fingerprint density at radius 2 is 2.06 bits per heavy atom. The molecule has 0 atom stereocenters. The summed E-state index contributed by atoms with van der Waals surface area (Å²) >= 11 is 2.22. The van der Waals surface area contributed by atoms with Crippen molar-refractivity contribution in [3.8, 4) is 0 Å². The number of anilines is 1. The Morgan fingerprint density at radius 3 is 2.62 bits per heavy atom. The standard InChI is InChI=1S/C11H10IN3O/c1-15-7-8(6-13-15)11(16)14-10-4-2-9(12)3-5-10/h2-7H,1H3,(H,14,16). The van der Waals surface area contributed by atoms with Crippen LogP contribution in [0.4, 0.5) is 5.69 Å². The van der Waals surface area contributed by atoms with Crippen molar-refractivity contribution in [2.24, 2.45) is 7.05 Å². The van der Waals surface area contributed by atoms with E-state index < -0.39 is 0 Å². The third-order valence-electron chi connectivity index (χ3n) is 2.07. The topological polar surface area (TPSA) is 46.9 Å². The fraction of sp³-hybridized carbons (Fsp3) is 0.0909. The first-order valence-corrected chi connectivity index (χ1v) is 5.78. The maximum absolute atomic E-state index is 11.7. The van der Waals surface area contributed by atoms with Crippen molar-refractivity contribution in [1.82, 2.24) is 9.78 Å². The molecule has 0 spiro atoms. The van der Waals surface area contributed by atoms with Gasteiger partial charge in [0.15, 0.2) is 0 Å². The van der Waals surface area contributed by atoms with Gasteiger partial charge in [0.2, 0.25) is 0 Å². The van der Waals surface area contributed by atoms with E-state index in [1.165, 1.54) is 0 Å². The maximum Gasteiger partial charge on any atom is 0.258 e. The Hall–Kier alpha value is -1.37. The van der Waals surface area contributed by atoms with Crippen LogP contribution in [0.5, 0.6) is 0 Å². The average molecular weight is 327 g/mol. The molecule has 0 saturated carbocycles. The number of carbonyl (C=O) groups excluding carboxylic acids is 1. The first-order valence-electron chi connectivity index (χ1n) is 4.71. The lowest BCUT2D eigenvalue weighted by atomic mass is 10.3. The number of aryl methyl sites for hydroxylation is 1. The second-order valence-corrected chi connectivity index (χ2v) is 4.61. The van der Waals surface area contributed by atoms with E-state index in [4.69, 9.17) is 0 Å². The van der Waals surface area contributed by atoms with Gasteiger partial charge < -0.3 is 5.32 Å². The molecular weight excluding hydrogens is 317 g/mol. The number of carbonyl (C=O) groups is 1. The van der Waals surface area contributed by atoms with Crippen molar-refractivity contribution in [3.05, 3.63) is 45.8 Å². The molecular formula is C11H10IN3O. The Balaban J connectivity index is 2.10. The van der Waals surface area contributed by atoms with E-state index in [1.807, 2.05) is 24.3 Å². The summed E-state index contributed by atoms with van der Waals surface area (Å²) in [6.07, 6.45) is 3.23. The van der Waals surface area contributed by atoms with Gasteiger partial charge in [0.05, 0.1) is 11.8 Å². The molecule has 0 aliphatic carbocycles. The van der Waals surface area contributed by atoms with E-state index in [0.717, 1.165) is 9.26 Å². The number of nitrogens with one attached hydrogen (secondary N) is 1. The molecule has 0 aliphatic rings. The van der Waals surface area contributed by atoms with E-state index in [9.17, 15) is 4.79 Å². The molecule has 0 saturated heterocycles. The lowest BCUT2D eigenvalue weighted by Crippen LogP contribution is -2.10. The summed E-state index contributed by atoms with van der Waals surface area (Å²) in [5, 5.41) is 6.75. The molecule has 1 aromatic heterocycles. The highest BCUT2D eigenvalue weighted by atomic mass is 127. The monoisotopic (exact) mass is 327 g/mol. The van der Waals surface area contributed by atoms with Gasteiger partial charge in [-0.3, -0.25) is 9.48 Å². The minimum atomic E-state index is -0.144. The predicted octanol–water partition coefficient (Wildman–Crippen LogP) is 2.28. The molecule has 16 heavy (non-hydrogen) atoms. The summed E-state index contributed by atoms with van der Waals surface area (Å²) in [6.45, 7) is 0. The Labute approximate surface area is 107 Å². The summed E-state index contributed by atoms with van der Waals surface area (Å²) < 4.78 is 2.74. The van der Waals surface area contributed by atoms with Crippen LogP contribution in [-0.4, -0.2) is 15.7 Å². The molecule has 1 aromatic carbocycles. The van der Waals surface area contributed by atoms with Gasteiger partial charge in [-0.1, -0.05) is 0 Å². The third-order valence-corrected chi connectivity index (χ3v) is 2.79. The third kappa shape index (κ3) is 2.60. The molecule has 0 fully saturated rings. The van der Waals surface area contributed by atoms with E-state index in [-0.39, 0.29) is 5.91 Å². The van der Waals surface area contributed by atoms with Gasteiger partial charge in [0, 0.05) is 22.5 Å². The molecule has 0 bridgehead atoms. The van der Waals surface area contributed by atoms with E-state index in [0.29, 0.717) is 5.56 Å².